The Balaban J connectivity index is 1.13. The molecule has 5 nitrogen and oxygen atoms in total. The van der Waals surface area contributed by atoms with Gasteiger partial charge in [-0.05, 0) is 53.8 Å². The molecule has 3 aromatic rings. The summed E-state index contributed by atoms with van der Waals surface area (Å²) in [4.78, 5) is 30.8. The Labute approximate surface area is 214 Å². The lowest BCUT2D eigenvalue weighted by molar-refractivity contribution is -0.152. The van der Waals surface area contributed by atoms with E-state index in [1.165, 1.54) is 59.8 Å². The molecule has 2 aliphatic heterocycles. The van der Waals surface area contributed by atoms with Gasteiger partial charge in [0.1, 0.15) is 6.04 Å². The summed E-state index contributed by atoms with van der Waals surface area (Å²) in [6.45, 7) is 2.87. The number of carbonyl (C=O) groups excluding carboxylic acids is 2. The number of nitrogens with zero attached hydrogens (tertiary/aromatic N) is 3. The van der Waals surface area contributed by atoms with Crippen molar-refractivity contribution in [3.63, 3.8) is 0 Å². The van der Waals surface area contributed by atoms with Crippen LogP contribution in [0.5, 0.6) is 0 Å². The molecule has 36 heavy (non-hydrogen) atoms. The molecule has 6 rings (SSSR count). The Morgan fingerprint density at radius 3 is 2.47 bits per heavy atom. The Morgan fingerprint density at radius 2 is 1.69 bits per heavy atom. The smallest absolute Gasteiger partial charge is 0.224 e. The van der Waals surface area contributed by atoms with Gasteiger partial charge in [-0.15, -0.1) is 0 Å². The van der Waals surface area contributed by atoms with Crippen LogP contribution in [0.3, 0.4) is 0 Å². The summed E-state index contributed by atoms with van der Waals surface area (Å²) in [5.74, 6) is 0.867. The van der Waals surface area contributed by atoms with Gasteiger partial charge in [0.25, 0.3) is 0 Å². The summed E-state index contributed by atoms with van der Waals surface area (Å²) in [7, 11) is 2.11. The average molecular weight is 484 g/mol. The van der Waals surface area contributed by atoms with Crippen molar-refractivity contribution in [2.45, 2.75) is 63.5 Å². The van der Waals surface area contributed by atoms with Gasteiger partial charge in [0.2, 0.25) is 5.91 Å². The van der Waals surface area contributed by atoms with E-state index in [0.717, 1.165) is 13.1 Å². The standard InChI is InChI=1S/C31H37N3O2/c1-32-27(18-25-9-5-6-10-28(25)32)20-33-15-16-34-29(21-33)31(36)26(19-30(34)35)17-22-11-13-24(14-12-22)23-7-3-2-4-8-23/h5-6,9-14,18,23,26,29H,2-4,7-8,15-17,19-21H2,1H3. The molecule has 1 amide bonds. The lowest BCUT2D eigenvalue weighted by Gasteiger charge is -2.45. The number of fused-ring (bicyclic) bond motifs is 2. The number of carbonyl (C=O) groups is 2. The first-order valence-electron chi connectivity index (χ1n) is 13.7. The molecule has 1 saturated carbocycles. The molecule has 2 unspecified atom stereocenters. The molecule has 188 valence electrons. The van der Waals surface area contributed by atoms with Crippen LogP contribution < -0.4 is 0 Å². The minimum atomic E-state index is -0.318. The molecule has 2 saturated heterocycles. The second kappa shape index (κ2) is 9.85. The number of hydrogen-bond donors (Lipinski definition) is 0. The minimum absolute atomic E-state index is 0.146. The van der Waals surface area contributed by atoms with Crippen LogP contribution in [0.1, 0.15) is 61.3 Å². The molecule has 1 aliphatic carbocycles. The monoisotopic (exact) mass is 483 g/mol. The summed E-state index contributed by atoms with van der Waals surface area (Å²) >= 11 is 0. The lowest BCUT2D eigenvalue weighted by atomic mass is 9.81. The molecule has 3 aliphatic rings. The van der Waals surface area contributed by atoms with Crippen LogP contribution in [-0.4, -0.2) is 51.7 Å². The van der Waals surface area contributed by atoms with Crippen molar-refractivity contribution in [1.82, 2.24) is 14.4 Å². The Bertz CT molecular complexity index is 1250. The highest BCUT2D eigenvalue weighted by Crippen LogP contribution is 2.33. The highest BCUT2D eigenvalue weighted by molar-refractivity contribution is 5.97. The van der Waals surface area contributed by atoms with E-state index in [1.807, 2.05) is 4.90 Å². The summed E-state index contributed by atoms with van der Waals surface area (Å²) in [5.41, 5.74) is 5.09. The van der Waals surface area contributed by atoms with E-state index < -0.39 is 0 Å². The zero-order valence-electron chi connectivity index (χ0n) is 21.4. The molecular formula is C31H37N3O2. The zero-order chi connectivity index (χ0) is 24.6. The second-order valence-electron chi connectivity index (χ2n) is 11.2. The summed E-state index contributed by atoms with van der Waals surface area (Å²) in [5, 5.41) is 1.24. The third-order valence-corrected chi connectivity index (χ3v) is 8.91. The van der Waals surface area contributed by atoms with Crippen molar-refractivity contribution in [1.29, 1.82) is 0 Å². The first-order valence-corrected chi connectivity index (χ1v) is 13.7. The first-order chi connectivity index (χ1) is 17.6. The van der Waals surface area contributed by atoms with Crippen LogP contribution in [0.4, 0.5) is 0 Å². The number of benzene rings is 2. The Morgan fingerprint density at radius 1 is 0.917 bits per heavy atom. The SMILES string of the molecule is Cn1c(CN2CCN3C(=O)CC(Cc4ccc(C5CCCCC5)cc4)C(=O)C3C2)cc2ccccc21. The maximum absolute atomic E-state index is 13.6. The molecule has 5 heteroatoms. The van der Waals surface area contributed by atoms with Crippen LogP contribution in [0.15, 0.2) is 54.6 Å². The van der Waals surface area contributed by atoms with Gasteiger partial charge in [0.15, 0.2) is 5.78 Å². The molecule has 0 bridgehead atoms. The van der Waals surface area contributed by atoms with Crippen molar-refractivity contribution in [2.75, 3.05) is 19.6 Å². The minimum Gasteiger partial charge on any atom is -0.346 e. The van der Waals surface area contributed by atoms with Gasteiger partial charge in [-0.25, -0.2) is 0 Å². The van der Waals surface area contributed by atoms with Gasteiger partial charge in [-0.2, -0.15) is 0 Å². The van der Waals surface area contributed by atoms with Crippen LogP contribution in [0.2, 0.25) is 0 Å². The highest BCUT2D eigenvalue weighted by atomic mass is 16.2. The topological polar surface area (TPSA) is 45.5 Å². The number of rotatable bonds is 5. The Hall–Kier alpha value is -2.92. The van der Waals surface area contributed by atoms with Crippen LogP contribution in [-0.2, 0) is 29.6 Å². The second-order valence-corrected chi connectivity index (χ2v) is 11.2. The van der Waals surface area contributed by atoms with E-state index in [4.69, 9.17) is 0 Å². The zero-order valence-corrected chi connectivity index (χ0v) is 21.4. The van der Waals surface area contributed by atoms with Gasteiger partial charge in [-0.3, -0.25) is 14.5 Å². The average Bonchev–Trinajstić information content (AvgIpc) is 3.23. The normalized spacial score (nSPS) is 23.9. The number of piperazine rings is 1. The predicted octanol–water partition coefficient (Wildman–Crippen LogP) is 5.07. The third kappa shape index (κ3) is 4.50. The van der Waals surface area contributed by atoms with Crippen LogP contribution in [0, 0.1) is 5.92 Å². The molecule has 0 N–H and O–H groups in total. The predicted molar refractivity (Wildman–Crippen MR) is 143 cm³/mol. The molecule has 3 fully saturated rings. The molecule has 0 radical (unpaired) electrons. The molecular weight excluding hydrogens is 446 g/mol. The van der Waals surface area contributed by atoms with Gasteiger partial charge >= 0.3 is 0 Å². The fourth-order valence-corrected chi connectivity index (χ4v) is 6.77. The number of para-hydroxylation sites is 1. The lowest BCUT2D eigenvalue weighted by Crippen LogP contribution is -2.62. The summed E-state index contributed by atoms with van der Waals surface area (Å²) < 4.78 is 2.25. The first kappa shape index (κ1) is 23.5. The molecule has 0 spiro atoms. The fraction of sp³-hybridized carbons (Fsp3) is 0.484. The van der Waals surface area contributed by atoms with Crippen LogP contribution >= 0.6 is 0 Å². The van der Waals surface area contributed by atoms with Crippen molar-refractivity contribution < 1.29 is 9.59 Å². The van der Waals surface area contributed by atoms with E-state index in [2.05, 4.69) is 71.1 Å². The molecule has 2 aromatic carbocycles. The van der Waals surface area contributed by atoms with E-state index in [9.17, 15) is 9.59 Å². The number of amides is 1. The maximum atomic E-state index is 13.6. The number of aryl methyl sites for hydroxylation is 1. The highest BCUT2D eigenvalue weighted by Gasteiger charge is 2.43. The number of ketones is 1. The van der Waals surface area contributed by atoms with Gasteiger partial charge in [0.05, 0.1) is 0 Å². The number of piperidine rings is 1. The van der Waals surface area contributed by atoms with Gasteiger partial charge in [0, 0.05) is 56.8 Å². The number of Topliss-reactive ketones (excluding diaryl/α,β-unsaturated/α-hetero) is 1. The van der Waals surface area contributed by atoms with Crippen molar-refractivity contribution in [2.24, 2.45) is 13.0 Å². The third-order valence-electron chi connectivity index (χ3n) is 8.91. The molecule has 2 atom stereocenters. The van der Waals surface area contributed by atoms with Crippen molar-refractivity contribution in [3.8, 4) is 0 Å². The maximum Gasteiger partial charge on any atom is 0.224 e. The largest absolute Gasteiger partial charge is 0.346 e. The summed E-state index contributed by atoms with van der Waals surface area (Å²) in [6, 6.07) is 19.3. The number of hydrogen-bond acceptors (Lipinski definition) is 3. The van der Waals surface area contributed by atoms with Gasteiger partial charge in [-0.1, -0.05) is 61.7 Å². The van der Waals surface area contributed by atoms with Crippen LogP contribution in [0.25, 0.3) is 10.9 Å². The molecule has 3 heterocycles. The van der Waals surface area contributed by atoms with Gasteiger partial charge < -0.3 is 9.47 Å². The fourth-order valence-electron chi connectivity index (χ4n) is 6.77. The van der Waals surface area contributed by atoms with Crippen molar-refractivity contribution >= 4 is 22.6 Å². The Kier molecular flexibility index (Phi) is 6.43. The van der Waals surface area contributed by atoms with E-state index in [-0.39, 0.29) is 23.7 Å². The van der Waals surface area contributed by atoms with Crippen molar-refractivity contribution in [3.05, 3.63) is 71.4 Å². The van der Waals surface area contributed by atoms with E-state index >= 15 is 0 Å². The quantitative estimate of drug-likeness (QED) is 0.509. The number of aromatic nitrogens is 1. The van der Waals surface area contributed by atoms with E-state index in [0.29, 0.717) is 31.8 Å². The molecule has 1 aromatic heterocycles. The summed E-state index contributed by atoms with van der Waals surface area (Å²) in [6.07, 6.45) is 7.64. The van der Waals surface area contributed by atoms with E-state index in [1.54, 1.807) is 0 Å².